The van der Waals surface area contributed by atoms with Crippen LogP contribution in [0.25, 0.3) is 11.2 Å². The normalized spacial score (nSPS) is 10.3. The molecule has 0 aromatic carbocycles. The number of hydrogen-bond acceptors (Lipinski definition) is 4. The van der Waals surface area contributed by atoms with Crippen molar-refractivity contribution in [1.29, 1.82) is 0 Å². The van der Waals surface area contributed by atoms with Crippen LogP contribution in [0.15, 0.2) is 35.8 Å². The third-order valence-corrected chi connectivity index (χ3v) is 2.19. The third kappa shape index (κ3) is 1.67. The molecule has 0 N–H and O–H groups in total. The van der Waals surface area contributed by atoms with Gasteiger partial charge in [0, 0.05) is 12.6 Å². The van der Waals surface area contributed by atoms with Gasteiger partial charge in [0.05, 0.1) is 13.3 Å². The number of nitrogens with zero attached hydrogens (tertiary/aromatic N) is 3. The highest BCUT2D eigenvalue weighted by Gasteiger charge is 2.05. The van der Waals surface area contributed by atoms with E-state index < -0.39 is 0 Å². The Labute approximate surface area is 92.0 Å². The van der Waals surface area contributed by atoms with Crippen molar-refractivity contribution in [3.63, 3.8) is 0 Å². The van der Waals surface area contributed by atoms with Crippen LogP contribution in [0.1, 0.15) is 0 Å². The van der Waals surface area contributed by atoms with Gasteiger partial charge in [-0.2, -0.15) is 4.98 Å². The van der Waals surface area contributed by atoms with Gasteiger partial charge in [0.15, 0.2) is 5.65 Å². The summed E-state index contributed by atoms with van der Waals surface area (Å²) in [6, 6.07) is 3.47. The fourth-order valence-corrected chi connectivity index (χ4v) is 1.44. The van der Waals surface area contributed by atoms with Gasteiger partial charge in [0.2, 0.25) is 5.88 Å². The van der Waals surface area contributed by atoms with Gasteiger partial charge >= 0.3 is 0 Å². The summed E-state index contributed by atoms with van der Waals surface area (Å²) in [5.41, 5.74) is 0.960. The molecule has 0 aliphatic carbocycles. The second-order valence-corrected chi connectivity index (χ2v) is 3.19. The van der Waals surface area contributed by atoms with E-state index in [2.05, 4.69) is 16.5 Å². The number of pyridine rings is 1. The first-order valence-corrected chi connectivity index (χ1v) is 4.77. The summed E-state index contributed by atoms with van der Waals surface area (Å²) >= 11 is 0. The highest BCUT2D eigenvalue weighted by atomic mass is 16.5. The SMILES string of the molecule is C=CCn1c(=O)cnc2ccc(OC)nc21. The molecule has 5 heteroatoms. The van der Waals surface area contributed by atoms with E-state index in [0.717, 1.165) is 0 Å². The van der Waals surface area contributed by atoms with Gasteiger partial charge in [0.25, 0.3) is 5.56 Å². The van der Waals surface area contributed by atoms with E-state index in [0.29, 0.717) is 23.6 Å². The summed E-state index contributed by atoms with van der Waals surface area (Å²) in [7, 11) is 1.53. The number of hydrogen-bond donors (Lipinski definition) is 0. The van der Waals surface area contributed by atoms with Crippen molar-refractivity contribution in [2.45, 2.75) is 6.54 Å². The summed E-state index contributed by atoms with van der Waals surface area (Å²) in [5.74, 6) is 0.456. The predicted molar refractivity (Wildman–Crippen MR) is 60.5 cm³/mol. The van der Waals surface area contributed by atoms with Crippen LogP contribution in [0.3, 0.4) is 0 Å². The molecule has 0 radical (unpaired) electrons. The van der Waals surface area contributed by atoms with Crippen molar-refractivity contribution in [2.75, 3.05) is 7.11 Å². The molecular formula is C11H11N3O2. The summed E-state index contributed by atoms with van der Waals surface area (Å²) < 4.78 is 6.51. The molecule has 82 valence electrons. The molecule has 0 spiro atoms. The lowest BCUT2D eigenvalue weighted by Crippen LogP contribution is -2.20. The fraction of sp³-hybridized carbons (Fsp3) is 0.182. The first-order chi connectivity index (χ1) is 7.76. The Morgan fingerprint density at radius 1 is 1.56 bits per heavy atom. The number of methoxy groups -OCH3 is 1. The van der Waals surface area contributed by atoms with Crippen molar-refractivity contribution >= 4 is 11.2 Å². The molecular weight excluding hydrogens is 206 g/mol. The van der Waals surface area contributed by atoms with E-state index in [-0.39, 0.29) is 5.56 Å². The minimum atomic E-state index is -0.201. The van der Waals surface area contributed by atoms with Crippen molar-refractivity contribution in [1.82, 2.24) is 14.5 Å². The molecule has 0 amide bonds. The Balaban J connectivity index is 2.77. The van der Waals surface area contributed by atoms with Crippen molar-refractivity contribution in [2.24, 2.45) is 0 Å². The van der Waals surface area contributed by atoms with Gasteiger partial charge in [-0.3, -0.25) is 9.36 Å². The van der Waals surface area contributed by atoms with Crippen LogP contribution in [-0.2, 0) is 6.54 Å². The lowest BCUT2D eigenvalue weighted by Gasteiger charge is -2.06. The standard InChI is InChI=1S/C11H11N3O2/c1-3-6-14-10(15)7-12-8-4-5-9(16-2)13-11(8)14/h3-5,7H,1,6H2,2H3. The second-order valence-electron chi connectivity index (χ2n) is 3.19. The predicted octanol–water partition coefficient (Wildman–Crippen LogP) is 0.986. The number of fused-ring (bicyclic) bond motifs is 1. The van der Waals surface area contributed by atoms with Crippen LogP contribution in [0.2, 0.25) is 0 Å². The van der Waals surface area contributed by atoms with E-state index in [1.165, 1.54) is 17.9 Å². The van der Waals surface area contributed by atoms with Crippen molar-refractivity contribution < 1.29 is 4.74 Å². The maximum Gasteiger partial charge on any atom is 0.270 e. The molecule has 2 rings (SSSR count). The Bertz CT molecular complexity index is 589. The molecule has 0 saturated carbocycles. The van der Waals surface area contributed by atoms with E-state index >= 15 is 0 Å². The number of ether oxygens (including phenoxy) is 1. The van der Waals surface area contributed by atoms with Crippen LogP contribution >= 0.6 is 0 Å². The van der Waals surface area contributed by atoms with Crippen LogP contribution in [0, 0.1) is 0 Å². The lowest BCUT2D eigenvalue weighted by molar-refractivity contribution is 0.399. The van der Waals surface area contributed by atoms with Crippen molar-refractivity contribution in [3.05, 3.63) is 41.3 Å². The first kappa shape index (κ1) is 10.4. The molecule has 16 heavy (non-hydrogen) atoms. The Morgan fingerprint density at radius 3 is 3.06 bits per heavy atom. The zero-order valence-electron chi connectivity index (χ0n) is 8.88. The van der Waals surface area contributed by atoms with E-state index in [1.54, 1.807) is 18.2 Å². The zero-order valence-corrected chi connectivity index (χ0v) is 8.88. The molecule has 0 unspecified atom stereocenters. The molecule has 0 bridgehead atoms. The Hall–Kier alpha value is -2.17. The first-order valence-electron chi connectivity index (χ1n) is 4.77. The van der Waals surface area contributed by atoms with Crippen LogP contribution in [0.5, 0.6) is 5.88 Å². The second kappa shape index (κ2) is 4.14. The molecule has 0 aliphatic rings. The average Bonchev–Trinajstić information content (AvgIpc) is 2.32. The van der Waals surface area contributed by atoms with Gasteiger partial charge in [-0.25, -0.2) is 4.98 Å². The summed E-state index contributed by atoms with van der Waals surface area (Å²) in [6.45, 7) is 4.01. The van der Waals surface area contributed by atoms with E-state index in [1.807, 2.05) is 0 Å². The Morgan fingerprint density at radius 2 is 2.38 bits per heavy atom. The zero-order chi connectivity index (χ0) is 11.5. The van der Waals surface area contributed by atoms with E-state index in [9.17, 15) is 4.79 Å². The smallest absolute Gasteiger partial charge is 0.270 e. The molecule has 0 aliphatic heterocycles. The maximum atomic E-state index is 11.6. The molecule has 2 heterocycles. The topological polar surface area (TPSA) is 57.0 Å². The quantitative estimate of drug-likeness (QED) is 0.719. The van der Waals surface area contributed by atoms with Gasteiger partial charge in [-0.15, -0.1) is 6.58 Å². The number of allylic oxidation sites excluding steroid dienone is 1. The summed E-state index contributed by atoms with van der Waals surface area (Å²) in [4.78, 5) is 19.8. The highest BCUT2D eigenvalue weighted by molar-refractivity contribution is 5.70. The largest absolute Gasteiger partial charge is 0.481 e. The Kier molecular flexibility index (Phi) is 2.68. The number of rotatable bonds is 3. The molecule has 2 aromatic rings. The van der Waals surface area contributed by atoms with Crippen molar-refractivity contribution in [3.8, 4) is 5.88 Å². The minimum absolute atomic E-state index is 0.201. The van der Waals surface area contributed by atoms with Crippen LogP contribution < -0.4 is 10.3 Å². The van der Waals surface area contributed by atoms with Gasteiger partial charge < -0.3 is 4.74 Å². The van der Waals surface area contributed by atoms with Crippen LogP contribution in [0.4, 0.5) is 0 Å². The molecule has 2 aromatic heterocycles. The third-order valence-electron chi connectivity index (χ3n) is 2.19. The molecule has 0 fully saturated rings. The highest BCUT2D eigenvalue weighted by Crippen LogP contribution is 2.12. The van der Waals surface area contributed by atoms with Gasteiger partial charge in [-0.05, 0) is 6.07 Å². The fourth-order valence-electron chi connectivity index (χ4n) is 1.44. The molecule has 0 atom stereocenters. The summed E-state index contributed by atoms with van der Waals surface area (Å²) in [6.07, 6.45) is 2.92. The average molecular weight is 217 g/mol. The monoisotopic (exact) mass is 217 g/mol. The summed E-state index contributed by atoms with van der Waals surface area (Å²) in [5, 5.41) is 0. The molecule has 5 nitrogen and oxygen atoms in total. The van der Waals surface area contributed by atoms with Gasteiger partial charge in [0.1, 0.15) is 5.52 Å². The van der Waals surface area contributed by atoms with Crippen LogP contribution in [-0.4, -0.2) is 21.6 Å². The minimum Gasteiger partial charge on any atom is -0.481 e. The van der Waals surface area contributed by atoms with E-state index in [4.69, 9.17) is 4.74 Å². The van der Waals surface area contributed by atoms with Gasteiger partial charge in [-0.1, -0.05) is 6.08 Å². The molecule has 0 saturated heterocycles. The maximum absolute atomic E-state index is 11.6. The lowest BCUT2D eigenvalue weighted by atomic mass is 10.4. The number of aromatic nitrogens is 3.